The molecule has 0 aromatic heterocycles. The van der Waals surface area contributed by atoms with Gasteiger partial charge in [0.25, 0.3) is 0 Å². The van der Waals surface area contributed by atoms with E-state index in [-0.39, 0.29) is 7.43 Å². The summed E-state index contributed by atoms with van der Waals surface area (Å²) in [6.07, 6.45) is 17.8. The van der Waals surface area contributed by atoms with Gasteiger partial charge in [-0.3, -0.25) is 0 Å². The van der Waals surface area contributed by atoms with E-state index in [1.54, 1.807) is 0 Å². The molecule has 4 rings (SSSR count). The monoisotopic (exact) mass is 322 g/mol. The molecule has 0 bridgehead atoms. The van der Waals surface area contributed by atoms with Crippen molar-refractivity contribution in [2.45, 2.75) is 96.6 Å². The summed E-state index contributed by atoms with van der Waals surface area (Å²) in [7, 11) is 4.62. The molecule has 0 amide bonds. The summed E-state index contributed by atoms with van der Waals surface area (Å²) in [6.45, 7) is 2.70. The quantitative estimate of drug-likeness (QED) is 0.606. The van der Waals surface area contributed by atoms with Crippen LogP contribution >= 0.6 is 0 Å². The predicted molar refractivity (Wildman–Crippen MR) is 102 cm³/mol. The zero-order chi connectivity index (χ0) is 15.4. The Hall–Kier alpha value is -0.0800. The molecule has 0 N–H and O–H groups in total. The molecule has 0 spiro atoms. The summed E-state index contributed by atoms with van der Waals surface area (Å²) in [4.78, 5) is 5.18. The Balaban J connectivity index is 0.000000160. The van der Waals surface area contributed by atoms with Crippen molar-refractivity contribution in [2.24, 2.45) is 11.8 Å². The zero-order valence-corrected chi connectivity index (χ0v) is 15.1. The number of fused-ring (bicyclic) bond motifs is 2. The Morgan fingerprint density at radius 3 is 1.26 bits per heavy atom. The Labute approximate surface area is 146 Å². The lowest BCUT2D eigenvalue weighted by molar-refractivity contribution is 0.0841. The Morgan fingerprint density at radius 1 is 0.522 bits per heavy atom. The molecular weight excluding hydrogens is 280 g/mol. The number of hydrogen-bond donors (Lipinski definition) is 0. The van der Waals surface area contributed by atoms with Crippen LogP contribution < -0.4 is 0 Å². The van der Waals surface area contributed by atoms with Gasteiger partial charge in [-0.1, -0.05) is 33.1 Å². The Morgan fingerprint density at radius 2 is 0.870 bits per heavy atom. The van der Waals surface area contributed by atoms with Gasteiger partial charge in [0.05, 0.1) is 0 Å². The molecule has 2 aliphatic carbocycles. The third kappa shape index (κ3) is 4.95. The number of nitrogens with zero attached hydrogens (tertiary/aromatic N) is 2. The summed E-state index contributed by atoms with van der Waals surface area (Å²) in [6, 6.07) is 1.91. The maximum Gasteiger partial charge on any atom is 0.0120 e. The first-order valence-electron chi connectivity index (χ1n) is 10.2. The lowest BCUT2D eigenvalue weighted by Gasteiger charge is -2.42. The van der Waals surface area contributed by atoms with Crippen LogP contribution in [0.25, 0.3) is 0 Å². The maximum absolute atomic E-state index is 2.59. The second kappa shape index (κ2) is 9.42. The van der Waals surface area contributed by atoms with Crippen LogP contribution in [0.4, 0.5) is 0 Å². The smallest absolute Gasteiger partial charge is 0.0120 e. The van der Waals surface area contributed by atoms with Crippen LogP contribution in [-0.4, -0.2) is 49.1 Å². The van der Waals surface area contributed by atoms with Gasteiger partial charge in [-0.05, 0) is 90.4 Å². The fourth-order valence-corrected chi connectivity index (χ4v) is 5.75. The second-order valence-corrected chi connectivity index (χ2v) is 8.47. The molecule has 2 heterocycles. The number of piperidine rings is 2. The van der Waals surface area contributed by atoms with Gasteiger partial charge in [0.1, 0.15) is 0 Å². The Kier molecular flexibility index (Phi) is 7.88. The number of rotatable bonds is 0. The van der Waals surface area contributed by atoms with E-state index >= 15 is 0 Å². The van der Waals surface area contributed by atoms with Crippen molar-refractivity contribution in [2.75, 3.05) is 27.2 Å². The summed E-state index contributed by atoms with van der Waals surface area (Å²) < 4.78 is 0. The topological polar surface area (TPSA) is 6.48 Å². The minimum atomic E-state index is 0. The van der Waals surface area contributed by atoms with Gasteiger partial charge < -0.3 is 9.80 Å². The molecule has 23 heavy (non-hydrogen) atoms. The van der Waals surface area contributed by atoms with Gasteiger partial charge in [0.15, 0.2) is 0 Å². The van der Waals surface area contributed by atoms with E-state index in [2.05, 4.69) is 23.9 Å². The highest BCUT2D eigenvalue weighted by Gasteiger charge is 2.31. The zero-order valence-electron chi connectivity index (χ0n) is 15.1. The highest BCUT2D eigenvalue weighted by molar-refractivity contribution is 4.86. The first-order valence-corrected chi connectivity index (χ1v) is 10.2. The molecule has 4 aliphatic rings. The first kappa shape index (κ1) is 19.2. The van der Waals surface area contributed by atoms with E-state index in [0.29, 0.717) is 0 Å². The van der Waals surface area contributed by atoms with Crippen LogP contribution in [0.15, 0.2) is 0 Å². The molecule has 2 saturated carbocycles. The van der Waals surface area contributed by atoms with E-state index in [4.69, 9.17) is 0 Å². The van der Waals surface area contributed by atoms with Crippen molar-refractivity contribution in [1.82, 2.24) is 9.80 Å². The van der Waals surface area contributed by atoms with Crippen molar-refractivity contribution in [3.8, 4) is 0 Å². The molecule has 2 heteroatoms. The molecule has 136 valence electrons. The highest BCUT2D eigenvalue weighted by Crippen LogP contribution is 2.35. The highest BCUT2D eigenvalue weighted by atomic mass is 15.1. The van der Waals surface area contributed by atoms with Gasteiger partial charge in [-0.15, -0.1) is 0 Å². The fraction of sp³-hybridized carbons (Fsp3) is 1.00. The van der Waals surface area contributed by atoms with E-state index in [0.717, 1.165) is 23.9 Å². The summed E-state index contributed by atoms with van der Waals surface area (Å²) in [5.74, 6) is 2.12. The molecular formula is C21H42N2. The van der Waals surface area contributed by atoms with E-state index in [1.165, 1.54) is 90.1 Å². The van der Waals surface area contributed by atoms with Crippen LogP contribution in [0.3, 0.4) is 0 Å². The molecule has 0 unspecified atom stereocenters. The molecule has 4 fully saturated rings. The largest absolute Gasteiger partial charge is 0.303 e. The SMILES string of the molecule is C.CN1CCC[C@@H]2CCCC[C@@H]21.CN1CCC[C@H]2CCCC[C@H]21. The van der Waals surface area contributed by atoms with Crippen LogP contribution in [0.2, 0.25) is 0 Å². The summed E-state index contributed by atoms with van der Waals surface area (Å²) in [5, 5.41) is 0. The third-order valence-electron chi connectivity index (χ3n) is 7.04. The van der Waals surface area contributed by atoms with Crippen molar-refractivity contribution in [1.29, 1.82) is 0 Å². The minimum Gasteiger partial charge on any atom is -0.303 e. The van der Waals surface area contributed by atoms with E-state index < -0.39 is 0 Å². The molecule has 0 radical (unpaired) electrons. The lowest BCUT2D eigenvalue weighted by atomic mass is 9.79. The average Bonchev–Trinajstić information content (AvgIpc) is 2.57. The normalized spacial score (nSPS) is 38.3. The molecule has 2 saturated heterocycles. The van der Waals surface area contributed by atoms with Gasteiger partial charge in [-0.2, -0.15) is 0 Å². The van der Waals surface area contributed by atoms with Crippen LogP contribution in [0.1, 0.15) is 84.5 Å². The van der Waals surface area contributed by atoms with Gasteiger partial charge in [0.2, 0.25) is 0 Å². The minimum absolute atomic E-state index is 0. The predicted octanol–water partition coefficient (Wildman–Crippen LogP) is 5.18. The second-order valence-electron chi connectivity index (χ2n) is 8.47. The van der Waals surface area contributed by atoms with Crippen molar-refractivity contribution in [3.05, 3.63) is 0 Å². The van der Waals surface area contributed by atoms with Crippen molar-refractivity contribution >= 4 is 0 Å². The number of likely N-dealkylation sites (tertiary alicyclic amines) is 2. The molecule has 2 nitrogen and oxygen atoms in total. The fourth-order valence-electron chi connectivity index (χ4n) is 5.75. The van der Waals surface area contributed by atoms with Crippen molar-refractivity contribution in [3.63, 3.8) is 0 Å². The average molecular weight is 323 g/mol. The summed E-state index contributed by atoms with van der Waals surface area (Å²) in [5.41, 5.74) is 0. The third-order valence-corrected chi connectivity index (χ3v) is 7.04. The van der Waals surface area contributed by atoms with Gasteiger partial charge >= 0.3 is 0 Å². The molecule has 2 aliphatic heterocycles. The van der Waals surface area contributed by atoms with Crippen LogP contribution in [0, 0.1) is 11.8 Å². The molecule has 0 aromatic rings. The maximum atomic E-state index is 2.59. The Bertz CT molecular complexity index is 294. The first-order chi connectivity index (χ1) is 10.8. The number of hydrogen-bond acceptors (Lipinski definition) is 2. The summed E-state index contributed by atoms with van der Waals surface area (Å²) >= 11 is 0. The van der Waals surface area contributed by atoms with E-state index in [9.17, 15) is 0 Å². The van der Waals surface area contributed by atoms with Gasteiger partial charge in [0, 0.05) is 12.1 Å². The molecule has 0 aromatic carbocycles. The molecule has 4 atom stereocenters. The standard InChI is InChI=1S/2C10H19N.CH4/c2*1-11-8-4-6-9-5-2-3-7-10(9)11;/h2*9-10H,2-8H2,1H3;1H4/t2*9-,10-;/m10./s1. The lowest BCUT2D eigenvalue weighted by Crippen LogP contribution is -2.44. The van der Waals surface area contributed by atoms with Crippen LogP contribution in [-0.2, 0) is 0 Å². The van der Waals surface area contributed by atoms with Crippen molar-refractivity contribution < 1.29 is 0 Å². The van der Waals surface area contributed by atoms with Gasteiger partial charge in [-0.25, -0.2) is 0 Å². The van der Waals surface area contributed by atoms with Crippen LogP contribution in [0.5, 0.6) is 0 Å². The van der Waals surface area contributed by atoms with E-state index in [1.807, 2.05) is 0 Å².